The third kappa shape index (κ3) is 5.44. The molecule has 0 bridgehead atoms. The molecule has 2 atom stereocenters. The fourth-order valence-electron chi connectivity index (χ4n) is 5.23. The summed E-state index contributed by atoms with van der Waals surface area (Å²) in [5.41, 5.74) is 1.09. The number of piperidine rings is 1. The molecule has 1 aromatic carbocycles. The van der Waals surface area contributed by atoms with Gasteiger partial charge in [0, 0.05) is 25.0 Å². The molecule has 3 saturated heterocycles. The molecule has 10 heteroatoms. The van der Waals surface area contributed by atoms with Crippen molar-refractivity contribution in [3.05, 3.63) is 29.8 Å². The van der Waals surface area contributed by atoms with E-state index in [0.29, 0.717) is 18.8 Å². The molecule has 0 aromatic heterocycles. The lowest BCUT2D eigenvalue weighted by Gasteiger charge is -2.33. The molecule has 184 valence electrons. The van der Waals surface area contributed by atoms with E-state index in [2.05, 4.69) is 24.1 Å². The fourth-order valence-corrected chi connectivity index (χ4v) is 8.65. The van der Waals surface area contributed by atoms with Crippen LogP contribution in [0.3, 0.4) is 0 Å². The number of carbonyl (C=O) groups is 1. The molecule has 0 aliphatic carbocycles. The largest absolute Gasteiger partial charge is 0.350 e. The van der Waals surface area contributed by atoms with E-state index in [1.807, 2.05) is 12.1 Å². The minimum atomic E-state index is -3.60. The Kier molecular flexibility index (Phi) is 7.19. The number of hydrogen-bond acceptors (Lipinski definition) is 6. The highest BCUT2D eigenvalue weighted by Gasteiger charge is 2.43. The van der Waals surface area contributed by atoms with Crippen molar-refractivity contribution in [2.45, 2.75) is 62.4 Å². The van der Waals surface area contributed by atoms with E-state index in [4.69, 9.17) is 0 Å². The van der Waals surface area contributed by atoms with Gasteiger partial charge in [0.15, 0.2) is 9.84 Å². The second-order valence-corrected chi connectivity index (χ2v) is 14.0. The number of carbonyl (C=O) groups excluding carboxylic acids is 1. The van der Waals surface area contributed by atoms with Gasteiger partial charge in [-0.3, -0.25) is 9.69 Å². The van der Waals surface area contributed by atoms with Gasteiger partial charge in [0.05, 0.1) is 22.4 Å². The number of benzene rings is 1. The smallest absolute Gasteiger partial charge is 0.243 e. The van der Waals surface area contributed by atoms with Crippen LogP contribution >= 0.6 is 0 Å². The molecule has 1 aromatic rings. The summed E-state index contributed by atoms with van der Waals surface area (Å²) in [5.74, 6) is -0.0399. The number of sulfone groups is 1. The third-order valence-electron chi connectivity index (χ3n) is 7.27. The van der Waals surface area contributed by atoms with Crippen molar-refractivity contribution in [2.75, 3.05) is 37.7 Å². The van der Waals surface area contributed by atoms with Gasteiger partial charge in [-0.25, -0.2) is 16.8 Å². The fraction of sp³-hybridized carbons (Fsp3) is 0.696. The van der Waals surface area contributed by atoms with Gasteiger partial charge in [-0.05, 0) is 62.4 Å². The molecule has 0 radical (unpaired) electrons. The average Bonchev–Trinajstić information content (AvgIpc) is 3.41. The summed E-state index contributed by atoms with van der Waals surface area (Å²) in [7, 11) is -6.77. The summed E-state index contributed by atoms with van der Waals surface area (Å²) in [5, 5.41) is 3.01. The van der Waals surface area contributed by atoms with Gasteiger partial charge in [-0.1, -0.05) is 26.0 Å². The number of hydrogen-bond donors (Lipinski definition) is 1. The number of likely N-dealkylation sites (tertiary alicyclic amines) is 1. The van der Waals surface area contributed by atoms with Crippen LogP contribution in [0.1, 0.15) is 51.0 Å². The maximum Gasteiger partial charge on any atom is 0.243 e. The van der Waals surface area contributed by atoms with Gasteiger partial charge in [-0.15, -0.1) is 0 Å². The first-order valence-corrected chi connectivity index (χ1v) is 15.2. The van der Waals surface area contributed by atoms with Crippen LogP contribution < -0.4 is 5.32 Å². The van der Waals surface area contributed by atoms with E-state index in [1.165, 1.54) is 4.31 Å². The highest BCUT2D eigenvalue weighted by atomic mass is 32.2. The zero-order valence-corrected chi connectivity index (χ0v) is 21.1. The van der Waals surface area contributed by atoms with Crippen LogP contribution in [0.25, 0.3) is 0 Å². The van der Waals surface area contributed by atoms with E-state index in [-0.39, 0.29) is 53.4 Å². The lowest BCUT2D eigenvalue weighted by molar-refractivity contribution is -0.127. The molecule has 8 nitrogen and oxygen atoms in total. The molecule has 3 heterocycles. The number of rotatable bonds is 6. The van der Waals surface area contributed by atoms with Gasteiger partial charge < -0.3 is 5.32 Å². The second kappa shape index (κ2) is 9.64. The Balaban J connectivity index is 1.35. The van der Waals surface area contributed by atoms with Crippen molar-refractivity contribution in [1.82, 2.24) is 14.5 Å². The van der Waals surface area contributed by atoms with Crippen molar-refractivity contribution in [3.8, 4) is 0 Å². The van der Waals surface area contributed by atoms with Crippen LogP contribution in [0.5, 0.6) is 0 Å². The monoisotopic (exact) mass is 497 g/mol. The first-order valence-electron chi connectivity index (χ1n) is 11.9. The summed E-state index contributed by atoms with van der Waals surface area (Å²) < 4.78 is 52.1. The van der Waals surface area contributed by atoms with E-state index >= 15 is 0 Å². The molecule has 4 rings (SSSR count). The standard InChI is InChI=1S/C23H35N3O5S2/c1-17(2)18-5-7-20(8-6-18)33(30,31)26-13-9-19(10-14-26)23(27)24-21-15-32(28,29)16-22(21)25-11-3-4-12-25/h5-8,17,19,21-22H,3-4,9-16H2,1-2H3,(H,24,27). The predicted octanol–water partition coefficient (Wildman–Crippen LogP) is 1.59. The Hall–Kier alpha value is -1.49. The minimum Gasteiger partial charge on any atom is -0.350 e. The molecule has 1 amide bonds. The van der Waals surface area contributed by atoms with Crippen LogP contribution in [0.4, 0.5) is 0 Å². The Bertz CT molecular complexity index is 1060. The van der Waals surface area contributed by atoms with Gasteiger partial charge in [0.1, 0.15) is 0 Å². The normalized spacial score (nSPS) is 27.2. The summed E-state index contributed by atoms with van der Waals surface area (Å²) in [6.07, 6.45) is 2.99. The van der Waals surface area contributed by atoms with Gasteiger partial charge >= 0.3 is 0 Å². The Morgan fingerprint density at radius 2 is 1.61 bits per heavy atom. The van der Waals surface area contributed by atoms with Crippen molar-refractivity contribution >= 4 is 25.8 Å². The zero-order valence-electron chi connectivity index (χ0n) is 19.4. The van der Waals surface area contributed by atoms with Crippen LogP contribution in [0.15, 0.2) is 29.2 Å². The van der Waals surface area contributed by atoms with Crippen molar-refractivity contribution < 1.29 is 21.6 Å². The highest BCUT2D eigenvalue weighted by Crippen LogP contribution is 2.27. The predicted molar refractivity (Wildman–Crippen MR) is 127 cm³/mol. The minimum absolute atomic E-state index is 0.0144. The SMILES string of the molecule is CC(C)c1ccc(S(=O)(=O)N2CCC(C(=O)NC3CS(=O)(=O)CC3N3CCCC3)CC2)cc1. The van der Waals surface area contributed by atoms with Crippen LogP contribution in [0, 0.1) is 5.92 Å². The number of nitrogens with zero attached hydrogens (tertiary/aromatic N) is 2. The molecule has 0 spiro atoms. The van der Waals surface area contributed by atoms with Crippen LogP contribution in [-0.2, 0) is 24.7 Å². The van der Waals surface area contributed by atoms with E-state index < -0.39 is 19.9 Å². The summed E-state index contributed by atoms with van der Waals surface area (Å²) >= 11 is 0. The quantitative estimate of drug-likeness (QED) is 0.640. The summed E-state index contributed by atoms with van der Waals surface area (Å²) in [6.45, 7) is 6.44. The van der Waals surface area contributed by atoms with Crippen molar-refractivity contribution in [2.24, 2.45) is 5.92 Å². The Morgan fingerprint density at radius 3 is 2.18 bits per heavy atom. The zero-order chi connectivity index (χ0) is 23.8. The van der Waals surface area contributed by atoms with E-state index in [9.17, 15) is 21.6 Å². The van der Waals surface area contributed by atoms with E-state index in [0.717, 1.165) is 31.5 Å². The maximum atomic E-state index is 13.0. The lowest BCUT2D eigenvalue weighted by atomic mass is 9.96. The number of amides is 1. The van der Waals surface area contributed by atoms with E-state index in [1.54, 1.807) is 12.1 Å². The second-order valence-electron chi connectivity index (χ2n) is 9.90. The van der Waals surface area contributed by atoms with Gasteiger partial charge in [0.25, 0.3) is 0 Å². The Labute approximate surface area is 197 Å². The third-order valence-corrected chi connectivity index (χ3v) is 10.9. The molecular weight excluding hydrogens is 462 g/mol. The first kappa shape index (κ1) is 24.6. The summed E-state index contributed by atoms with van der Waals surface area (Å²) in [6, 6.07) is 6.47. The van der Waals surface area contributed by atoms with Crippen molar-refractivity contribution in [3.63, 3.8) is 0 Å². The van der Waals surface area contributed by atoms with Crippen LogP contribution in [0.2, 0.25) is 0 Å². The molecule has 3 aliphatic rings. The molecule has 3 fully saturated rings. The lowest BCUT2D eigenvalue weighted by Crippen LogP contribution is -2.52. The average molecular weight is 498 g/mol. The highest BCUT2D eigenvalue weighted by molar-refractivity contribution is 7.91. The molecule has 1 N–H and O–H groups in total. The topological polar surface area (TPSA) is 104 Å². The molecule has 3 aliphatic heterocycles. The Morgan fingerprint density at radius 1 is 1.00 bits per heavy atom. The maximum absolute atomic E-state index is 13.0. The number of nitrogens with one attached hydrogen (secondary N) is 1. The summed E-state index contributed by atoms with van der Waals surface area (Å²) in [4.78, 5) is 15.4. The van der Waals surface area contributed by atoms with Crippen LogP contribution in [-0.4, -0.2) is 81.7 Å². The number of sulfonamides is 1. The molecular formula is C23H35N3O5S2. The first-order chi connectivity index (χ1) is 15.6. The molecule has 2 unspecified atom stereocenters. The molecule has 33 heavy (non-hydrogen) atoms. The molecule has 0 saturated carbocycles. The van der Waals surface area contributed by atoms with Gasteiger partial charge in [-0.2, -0.15) is 4.31 Å². The van der Waals surface area contributed by atoms with Gasteiger partial charge in [0.2, 0.25) is 15.9 Å². The van der Waals surface area contributed by atoms with Crippen molar-refractivity contribution in [1.29, 1.82) is 0 Å².